The first kappa shape index (κ1) is 13.6. The third-order valence-electron chi connectivity index (χ3n) is 3.28. The quantitative estimate of drug-likeness (QED) is 0.802. The Balaban J connectivity index is 1.75. The highest BCUT2D eigenvalue weighted by atomic mass is 35.5. The maximum atomic E-state index is 12.1. The lowest BCUT2D eigenvalue weighted by molar-refractivity contribution is -0.116. The highest BCUT2D eigenvalue weighted by Crippen LogP contribution is 2.19. The van der Waals surface area contributed by atoms with Crippen LogP contribution >= 0.6 is 11.6 Å². The molecule has 0 spiro atoms. The number of hydrogen-bond acceptors (Lipinski definition) is 2. The summed E-state index contributed by atoms with van der Waals surface area (Å²) in [7, 11) is 0. The second kappa shape index (κ2) is 5.58. The number of rotatable bonds is 3. The number of nitrogens with one attached hydrogen (secondary N) is 1. The summed E-state index contributed by atoms with van der Waals surface area (Å²) in [5.41, 5.74) is 3.50. The summed E-state index contributed by atoms with van der Waals surface area (Å²) in [5.74, 6) is -0.0973. The van der Waals surface area contributed by atoms with Crippen molar-refractivity contribution in [2.24, 2.45) is 0 Å². The molecule has 1 N–H and O–H groups in total. The number of aromatic nitrogens is 2. The van der Waals surface area contributed by atoms with Gasteiger partial charge in [-0.3, -0.25) is 4.79 Å². The van der Waals surface area contributed by atoms with Crippen molar-refractivity contribution in [1.29, 1.82) is 0 Å². The lowest BCUT2D eigenvalue weighted by Crippen LogP contribution is -2.18. The molecule has 1 aromatic heterocycles. The summed E-state index contributed by atoms with van der Waals surface area (Å²) in [5, 5.41) is 3.56. The van der Waals surface area contributed by atoms with Crippen molar-refractivity contribution >= 4 is 34.2 Å². The number of imidazole rings is 1. The summed E-state index contributed by atoms with van der Waals surface area (Å²) in [6.45, 7) is 2.13. The van der Waals surface area contributed by atoms with Crippen LogP contribution < -0.4 is 5.32 Å². The first-order valence-electron chi connectivity index (χ1n) is 6.59. The molecule has 4 nitrogen and oxygen atoms in total. The van der Waals surface area contributed by atoms with Crippen LogP contribution in [0.5, 0.6) is 0 Å². The largest absolute Gasteiger partial charge is 0.325 e. The number of carbonyl (C=O) groups is 1. The Morgan fingerprint density at radius 3 is 2.90 bits per heavy atom. The van der Waals surface area contributed by atoms with Gasteiger partial charge in [0.15, 0.2) is 0 Å². The molecule has 0 unspecified atom stereocenters. The molecule has 0 radical (unpaired) electrons. The molecule has 3 rings (SSSR count). The number of para-hydroxylation sites is 2. The van der Waals surface area contributed by atoms with Crippen LogP contribution in [0.1, 0.15) is 5.56 Å². The average Bonchev–Trinajstić information content (AvgIpc) is 2.86. The zero-order valence-electron chi connectivity index (χ0n) is 11.5. The lowest BCUT2D eigenvalue weighted by atomic mass is 10.2. The molecule has 3 aromatic rings. The summed E-state index contributed by atoms with van der Waals surface area (Å²) < 4.78 is 1.83. The van der Waals surface area contributed by atoms with Crippen molar-refractivity contribution < 1.29 is 4.79 Å². The van der Waals surface area contributed by atoms with Gasteiger partial charge in [-0.2, -0.15) is 0 Å². The fraction of sp³-hybridized carbons (Fsp3) is 0.125. The number of benzene rings is 2. The maximum absolute atomic E-state index is 12.1. The minimum absolute atomic E-state index is 0.0973. The number of aryl methyl sites for hydroxylation is 1. The Morgan fingerprint density at radius 1 is 1.29 bits per heavy atom. The molecule has 0 bridgehead atoms. The van der Waals surface area contributed by atoms with Gasteiger partial charge in [0.25, 0.3) is 0 Å². The minimum atomic E-state index is -0.0973. The molecule has 0 saturated carbocycles. The van der Waals surface area contributed by atoms with Crippen molar-refractivity contribution in [3.05, 3.63) is 59.4 Å². The summed E-state index contributed by atoms with van der Waals surface area (Å²) in [4.78, 5) is 16.4. The molecule has 0 atom stereocenters. The summed E-state index contributed by atoms with van der Waals surface area (Å²) >= 11 is 5.97. The Kier molecular flexibility index (Phi) is 3.62. The fourth-order valence-corrected chi connectivity index (χ4v) is 2.33. The van der Waals surface area contributed by atoms with E-state index in [9.17, 15) is 4.79 Å². The molecule has 0 aliphatic carbocycles. The standard InChI is InChI=1S/C16H14ClN3O/c1-11-8-12(6-7-13(11)17)19-16(21)9-20-10-18-14-4-2-3-5-15(14)20/h2-8,10H,9H2,1H3,(H,19,21). The number of nitrogens with zero attached hydrogens (tertiary/aromatic N) is 2. The number of hydrogen-bond donors (Lipinski definition) is 1. The van der Waals surface area contributed by atoms with E-state index in [2.05, 4.69) is 10.3 Å². The van der Waals surface area contributed by atoms with Crippen LogP contribution in [0.2, 0.25) is 5.02 Å². The van der Waals surface area contributed by atoms with Crippen molar-refractivity contribution in [3.8, 4) is 0 Å². The van der Waals surface area contributed by atoms with Gasteiger partial charge in [0.2, 0.25) is 5.91 Å². The molecule has 1 heterocycles. The van der Waals surface area contributed by atoms with Crippen molar-refractivity contribution in [2.45, 2.75) is 13.5 Å². The number of carbonyl (C=O) groups excluding carboxylic acids is 1. The Morgan fingerprint density at radius 2 is 2.10 bits per heavy atom. The minimum Gasteiger partial charge on any atom is -0.325 e. The van der Waals surface area contributed by atoms with E-state index in [0.29, 0.717) is 5.02 Å². The van der Waals surface area contributed by atoms with Gasteiger partial charge in [-0.25, -0.2) is 4.98 Å². The monoisotopic (exact) mass is 299 g/mol. The third-order valence-corrected chi connectivity index (χ3v) is 3.71. The summed E-state index contributed by atoms with van der Waals surface area (Å²) in [6.07, 6.45) is 1.68. The van der Waals surface area contributed by atoms with Crippen LogP contribution in [0.3, 0.4) is 0 Å². The Labute approximate surface area is 127 Å². The SMILES string of the molecule is Cc1cc(NC(=O)Cn2cnc3ccccc32)ccc1Cl. The molecular formula is C16H14ClN3O. The Hall–Kier alpha value is -2.33. The van der Waals surface area contributed by atoms with Crippen molar-refractivity contribution in [1.82, 2.24) is 9.55 Å². The van der Waals surface area contributed by atoms with E-state index < -0.39 is 0 Å². The molecule has 0 aliphatic heterocycles. The van der Waals surface area contributed by atoms with Gasteiger partial charge in [-0.05, 0) is 42.8 Å². The molecule has 106 valence electrons. The number of halogens is 1. The predicted octanol–water partition coefficient (Wildman–Crippen LogP) is 3.64. The van der Waals surface area contributed by atoms with E-state index in [4.69, 9.17) is 11.6 Å². The van der Waals surface area contributed by atoms with E-state index in [0.717, 1.165) is 22.3 Å². The topological polar surface area (TPSA) is 46.9 Å². The molecular weight excluding hydrogens is 286 g/mol. The number of anilines is 1. The van der Waals surface area contributed by atoms with Crippen molar-refractivity contribution in [3.63, 3.8) is 0 Å². The zero-order valence-corrected chi connectivity index (χ0v) is 12.3. The Bertz CT molecular complexity index is 810. The van der Waals surface area contributed by atoms with Gasteiger partial charge in [-0.15, -0.1) is 0 Å². The van der Waals surface area contributed by atoms with Crippen LogP contribution in [0.4, 0.5) is 5.69 Å². The van der Waals surface area contributed by atoms with E-state index in [1.54, 1.807) is 18.5 Å². The smallest absolute Gasteiger partial charge is 0.244 e. The van der Waals surface area contributed by atoms with Gasteiger partial charge >= 0.3 is 0 Å². The zero-order chi connectivity index (χ0) is 14.8. The maximum Gasteiger partial charge on any atom is 0.244 e. The third kappa shape index (κ3) is 2.90. The van der Waals surface area contributed by atoms with Gasteiger partial charge < -0.3 is 9.88 Å². The van der Waals surface area contributed by atoms with E-state index in [1.807, 2.05) is 41.8 Å². The highest BCUT2D eigenvalue weighted by molar-refractivity contribution is 6.31. The first-order chi connectivity index (χ1) is 10.1. The lowest BCUT2D eigenvalue weighted by Gasteiger charge is -2.08. The predicted molar refractivity (Wildman–Crippen MR) is 84.6 cm³/mol. The first-order valence-corrected chi connectivity index (χ1v) is 6.97. The molecule has 0 saturated heterocycles. The van der Waals surface area contributed by atoms with Crippen LogP contribution in [-0.2, 0) is 11.3 Å². The van der Waals surface area contributed by atoms with E-state index in [-0.39, 0.29) is 12.5 Å². The molecule has 21 heavy (non-hydrogen) atoms. The van der Waals surface area contributed by atoms with Crippen LogP contribution in [0.25, 0.3) is 11.0 Å². The van der Waals surface area contributed by atoms with Crippen molar-refractivity contribution in [2.75, 3.05) is 5.32 Å². The second-order valence-electron chi connectivity index (χ2n) is 4.87. The van der Waals surface area contributed by atoms with Crippen LogP contribution in [-0.4, -0.2) is 15.5 Å². The fourth-order valence-electron chi connectivity index (χ4n) is 2.21. The van der Waals surface area contributed by atoms with Crippen LogP contribution in [0.15, 0.2) is 48.8 Å². The van der Waals surface area contributed by atoms with Crippen LogP contribution in [0, 0.1) is 6.92 Å². The van der Waals surface area contributed by atoms with E-state index >= 15 is 0 Å². The van der Waals surface area contributed by atoms with Gasteiger partial charge in [0, 0.05) is 10.7 Å². The average molecular weight is 300 g/mol. The van der Waals surface area contributed by atoms with Gasteiger partial charge in [0.1, 0.15) is 6.54 Å². The molecule has 0 fully saturated rings. The highest BCUT2D eigenvalue weighted by Gasteiger charge is 2.07. The normalized spacial score (nSPS) is 10.8. The van der Waals surface area contributed by atoms with Gasteiger partial charge in [0.05, 0.1) is 17.4 Å². The number of amides is 1. The summed E-state index contributed by atoms with van der Waals surface area (Å²) in [6, 6.07) is 13.1. The number of fused-ring (bicyclic) bond motifs is 1. The van der Waals surface area contributed by atoms with Gasteiger partial charge in [-0.1, -0.05) is 23.7 Å². The molecule has 2 aromatic carbocycles. The molecule has 5 heteroatoms. The second-order valence-corrected chi connectivity index (χ2v) is 5.28. The molecule has 0 aliphatic rings. The molecule has 1 amide bonds. The van der Waals surface area contributed by atoms with E-state index in [1.165, 1.54) is 0 Å².